The maximum Gasteiger partial charge on any atom is 0.0233 e. The average molecular weight is 260 g/mol. The number of hydrogen-bond donors (Lipinski definition) is 1. The quantitative estimate of drug-likeness (QED) is 0.810. The Kier molecular flexibility index (Phi) is 5.41. The standard InChI is InChI=1S/C17H28N2/c1-14(2)11-18-12-16-9-10-17(16)19(3)13-15-7-5-4-6-8-15/h4-8,14,16-18H,9-13H2,1-3H3. The molecular formula is C17H28N2. The van der Waals surface area contributed by atoms with Gasteiger partial charge in [-0.15, -0.1) is 0 Å². The highest BCUT2D eigenvalue weighted by molar-refractivity contribution is 5.14. The molecule has 106 valence electrons. The highest BCUT2D eigenvalue weighted by atomic mass is 15.1. The number of nitrogens with one attached hydrogen (secondary N) is 1. The lowest BCUT2D eigenvalue weighted by Gasteiger charge is -2.43. The molecule has 0 spiro atoms. The van der Waals surface area contributed by atoms with E-state index in [0.717, 1.165) is 31.0 Å². The second-order valence-corrected chi connectivity index (χ2v) is 6.36. The first-order valence-corrected chi connectivity index (χ1v) is 7.61. The molecule has 0 aromatic heterocycles. The zero-order valence-corrected chi connectivity index (χ0v) is 12.6. The van der Waals surface area contributed by atoms with Gasteiger partial charge in [0.15, 0.2) is 0 Å². The lowest BCUT2D eigenvalue weighted by atomic mass is 9.78. The van der Waals surface area contributed by atoms with Crippen LogP contribution in [-0.4, -0.2) is 31.1 Å². The fourth-order valence-corrected chi connectivity index (χ4v) is 2.92. The fourth-order valence-electron chi connectivity index (χ4n) is 2.92. The second-order valence-electron chi connectivity index (χ2n) is 6.36. The third-order valence-corrected chi connectivity index (χ3v) is 4.18. The molecule has 2 atom stereocenters. The van der Waals surface area contributed by atoms with Crippen LogP contribution in [-0.2, 0) is 6.54 Å². The Morgan fingerprint density at radius 3 is 2.53 bits per heavy atom. The SMILES string of the molecule is CC(C)CNCC1CCC1N(C)Cc1ccccc1. The summed E-state index contributed by atoms with van der Waals surface area (Å²) in [7, 11) is 2.27. The van der Waals surface area contributed by atoms with Crippen molar-refractivity contribution in [1.82, 2.24) is 10.2 Å². The smallest absolute Gasteiger partial charge is 0.0233 e. The molecule has 0 saturated heterocycles. The minimum Gasteiger partial charge on any atom is -0.316 e. The van der Waals surface area contributed by atoms with Gasteiger partial charge in [0.05, 0.1) is 0 Å². The van der Waals surface area contributed by atoms with Crippen molar-refractivity contribution in [2.75, 3.05) is 20.1 Å². The van der Waals surface area contributed by atoms with Crippen molar-refractivity contribution in [2.45, 2.75) is 39.3 Å². The topological polar surface area (TPSA) is 15.3 Å². The van der Waals surface area contributed by atoms with Crippen molar-refractivity contribution in [3.8, 4) is 0 Å². The molecule has 1 aromatic carbocycles. The molecule has 1 N–H and O–H groups in total. The van der Waals surface area contributed by atoms with Crippen LogP contribution in [0.1, 0.15) is 32.3 Å². The van der Waals surface area contributed by atoms with E-state index < -0.39 is 0 Å². The molecule has 0 radical (unpaired) electrons. The molecule has 0 heterocycles. The summed E-state index contributed by atoms with van der Waals surface area (Å²) < 4.78 is 0. The predicted molar refractivity (Wildman–Crippen MR) is 82.1 cm³/mol. The molecular weight excluding hydrogens is 232 g/mol. The van der Waals surface area contributed by atoms with Crippen LogP contribution in [0, 0.1) is 11.8 Å². The Labute approximate surface area is 118 Å². The maximum atomic E-state index is 3.61. The van der Waals surface area contributed by atoms with Gasteiger partial charge in [-0.2, -0.15) is 0 Å². The van der Waals surface area contributed by atoms with E-state index in [9.17, 15) is 0 Å². The Morgan fingerprint density at radius 2 is 1.95 bits per heavy atom. The van der Waals surface area contributed by atoms with Gasteiger partial charge in [0.2, 0.25) is 0 Å². The number of benzene rings is 1. The Bertz CT molecular complexity index is 361. The normalized spacial score (nSPS) is 22.8. The van der Waals surface area contributed by atoms with Crippen LogP contribution in [0.3, 0.4) is 0 Å². The van der Waals surface area contributed by atoms with Gasteiger partial charge >= 0.3 is 0 Å². The van der Waals surface area contributed by atoms with Crippen molar-refractivity contribution in [3.63, 3.8) is 0 Å². The first-order valence-electron chi connectivity index (χ1n) is 7.61. The second kappa shape index (κ2) is 7.06. The summed E-state index contributed by atoms with van der Waals surface area (Å²) in [5, 5.41) is 3.61. The van der Waals surface area contributed by atoms with E-state index in [1.54, 1.807) is 0 Å². The monoisotopic (exact) mass is 260 g/mol. The minimum absolute atomic E-state index is 0.751. The number of rotatable bonds is 7. The first kappa shape index (κ1) is 14.5. The largest absolute Gasteiger partial charge is 0.316 e. The van der Waals surface area contributed by atoms with Crippen LogP contribution >= 0.6 is 0 Å². The van der Waals surface area contributed by atoms with Crippen LogP contribution in [0.5, 0.6) is 0 Å². The third kappa shape index (κ3) is 4.32. The Balaban J connectivity index is 1.75. The Morgan fingerprint density at radius 1 is 1.21 bits per heavy atom. The summed E-state index contributed by atoms with van der Waals surface area (Å²) in [6.45, 7) is 7.94. The molecule has 2 rings (SSSR count). The highest BCUT2D eigenvalue weighted by Gasteiger charge is 2.33. The zero-order valence-electron chi connectivity index (χ0n) is 12.6. The van der Waals surface area contributed by atoms with Gasteiger partial charge < -0.3 is 5.32 Å². The molecule has 1 fully saturated rings. The van der Waals surface area contributed by atoms with E-state index in [1.165, 1.54) is 24.9 Å². The average Bonchev–Trinajstić information content (AvgIpc) is 2.34. The van der Waals surface area contributed by atoms with Crippen LogP contribution in [0.2, 0.25) is 0 Å². The summed E-state index contributed by atoms with van der Waals surface area (Å²) in [5.41, 5.74) is 1.42. The zero-order chi connectivity index (χ0) is 13.7. The molecule has 19 heavy (non-hydrogen) atoms. The van der Waals surface area contributed by atoms with E-state index in [2.05, 4.69) is 61.4 Å². The summed E-state index contributed by atoms with van der Waals surface area (Å²) >= 11 is 0. The van der Waals surface area contributed by atoms with E-state index in [0.29, 0.717) is 0 Å². The summed E-state index contributed by atoms with van der Waals surface area (Å²) in [4.78, 5) is 2.53. The summed E-state index contributed by atoms with van der Waals surface area (Å²) in [6, 6.07) is 11.6. The van der Waals surface area contributed by atoms with Crippen LogP contribution in [0.25, 0.3) is 0 Å². The highest BCUT2D eigenvalue weighted by Crippen LogP contribution is 2.31. The van der Waals surface area contributed by atoms with Gasteiger partial charge in [-0.25, -0.2) is 0 Å². The van der Waals surface area contributed by atoms with Crippen molar-refractivity contribution in [2.24, 2.45) is 11.8 Å². The van der Waals surface area contributed by atoms with Crippen molar-refractivity contribution < 1.29 is 0 Å². The van der Waals surface area contributed by atoms with Crippen LogP contribution in [0.4, 0.5) is 0 Å². The van der Waals surface area contributed by atoms with Gasteiger partial charge in [0.25, 0.3) is 0 Å². The number of hydrogen-bond acceptors (Lipinski definition) is 2. The molecule has 0 aliphatic heterocycles. The van der Waals surface area contributed by atoms with Crippen molar-refractivity contribution >= 4 is 0 Å². The van der Waals surface area contributed by atoms with Crippen LogP contribution < -0.4 is 5.32 Å². The van der Waals surface area contributed by atoms with Gasteiger partial charge in [-0.05, 0) is 50.4 Å². The third-order valence-electron chi connectivity index (χ3n) is 4.18. The first-order chi connectivity index (χ1) is 9.16. The number of nitrogens with zero attached hydrogens (tertiary/aromatic N) is 1. The molecule has 1 saturated carbocycles. The maximum absolute atomic E-state index is 3.61. The molecule has 1 aromatic rings. The molecule has 2 nitrogen and oxygen atoms in total. The molecule has 2 heteroatoms. The van der Waals surface area contributed by atoms with Crippen molar-refractivity contribution in [1.29, 1.82) is 0 Å². The van der Waals surface area contributed by atoms with Gasteiger partial charge in [0.1, 0.15) is 0 Å². The van der Waals surface area contributed by atoms with E-state index in [-0.39, 0.29) is 0 Å². The van der Waals surface area contributed by atoms with E-state index in [4.69, 9.17) is 0 Å². The van der Waals surface area contributed by atoms with Gasteiger partial charge in [-0.3, -0.25) is 4.90 Å². The summed E-state index contributed by atoms with van der Waals surface area (Å²) in [6.07, 6.45) is 2.74. The fraction of sp³-hybridized carbons (Fsp3) is 0.647. The van der Waals surface area contributed by atoms with Crippen molar-refractivity contribution in [3.05, 3.63) is 35.9 Å². The predicted octanol–water partition coefficient (Wildman–Crippen LogP) is 3.14. The van der Waals surface area contributed by atoms with Crippen LogP contribution in [0.15, 0.2) is 30.3 Å². The molecule has 1 aliphatic rings. The lowest BCUT2D eigenvalue weighted by molar-refractivity contribution is 0.0776. The Hall–Kier alpha value is -0.860. The van der Waals surface area contributed by atoms with Gasteiger partial charge in [-0.1, -0.05) is 44.2 Å². The van der Waals surface area contributed by atoms with E-state index in [1.807, 2.05) is 0 Å². The van der Waals surface area contributed by atoms with Gasteiger partial charge in [0, 0.05) is 12.6 Å². The summed E-state index contributed by atoms with van der Waals surface area (Å²) in [5.74, 6) is 1.59. The minimum atomic E-state index is 0.751. The molecule has 2 unspecified atom stereocenters. The molecule has 0 amide bonds. The molecule has 0 bridgehead atoms. The lowest BCUT2D eigenvalue weighted by Crippen LogP contribution is -2.48. The molecule has 1 aliphatic carbocycles. The van der Waals surface area contributed by atoms with E-state index >= 15 is 0 Å².